The molecule has 22 heavy (non-hydrogen) atoms. The van der Waals surface area contributed by atoms with E-state index in [1.165, 1.54) is 30.1 Å². The molecule has 3 aromatic carbocycles. The van der Waals surface area contributed by atoms with Crippen LogP contribution in [0.15, 0.2) is 72.8 Å². The summed E-state index contributed by atoms with van der Waals surface area (Å²) >= 11 is -1.20. The molecule has 0 bridgehead atoms. The van der Waals surface area contributed by atoms with Gasteiger partial charge in [-0.15, -0.1) is 0 Å². The Morgan fingerprint density at radius 3 is 0.864 bits per heavy atom. The molecule has 0 N–H and O–H groups in total. The second-order valence-electron chi connectivity index (χ2n) is 5.75. The minimum absolute atomic E-state index is 1.20. The van der Waals surface area contributed by atoms with E-state index in [0.29, 0.717) is 0 Å². The Morgan fingerprint density at radius 1 is 0.409 bits per heavy atom. The zero-order valence-corrected chi connectivity index (χ0v) is 15.0. The average Bonchev–Trinajstić information content (AvgIpc) is 2.53. The van der Waals surface area contributed by atoms with E-state index in [1.807, 2.05) is 0 Å². The van der Waals surface area contributed by atoms with Crippen molar-refractivity contribution in [1.29, 1.82) is 0 Å². The first-order chi connectivity index (χ1) is 10.6. The molecular formula is C21H21Se+. The summed E-state index contributed by atoms with van der Waals surface area (Å²) in [6.45, 7) is 6.45. The first-order valence-electron chi connectivity index (χ1n) is 7.58. The van der Waals surface area contributed by atoms with Gasteiger partial charge in [0.25, 0.3) is 0 Å². The first-order valence-corrected chi connectivity index (χ1v) is 10.1. The molecule has 0 aliphatic carbocycles. The molecule has 0 aliphatic heterocycles. The molecule has 0 aromatic heterocycles. The quantitative estimate of drug-likeness (QED) is 0.636. The van der Waals surface area contributed by atoms with Crippen LogP contribution in [0, 0.1) is 20.8 Å². The van der Waals surface area contributed by atoms with Gasteiger partial charge in [0, 0.05) is 0 Å². The molecule has 1 heteroatoms. The van der Waals surface area contributed by atoms with E-state index in [1.54, 1.807) is 0 Å². The van der Waals surface area contributed by atoms with Crippen LogP contribution in [0.3, 0.4) is 0 Å². The van der Waals surface area contributed by atoms with Crippen molar-refractivity contribution in [2.75, 3.05) is 0 Å². The fourth-order valence-corrected chi connectivity index (χ4v) is 6.71. The predicted molar refractivity (Wildman–Crippen MR) is 98.2 cm³/mol. The topological polar surface area (TPSA) is 0 Å². The average molecular weight is 352 g/mol. The van der Waals surface area contributed by atoms with Gasteiger partial charge in [0.1, 0.15) is 0 Å². The normalized spacial score (nSPS) is 10.9. The first kappa shape index (κ1) is 15.1. The molecule has 0 radical (unpaired) electrons. The van der Waals surface area contributed by atoms with Gasteiger partial charge in [-0.1, -0.05) is 0 Å². The standard InChI is InChI=1S/C21H21Se/c1-16-4-10-19(11-5-16)22(20-12-6-17(2)7-13-20)21-14-8-18(3)9-15-21/h4-15H,1-3H3/q+1. The van der Waals surface area contributed by atoms with Gasteiger partial charge >= 0.3 is 138 Å². The molecule has 0 aliphatic rings. The number of hydrogen-bond acceptors (Lipinski definition) is 0. The molecule has 0 fully saturated rings. The van der Waals surface area contributed by atoms with E-state index in [4.69, 9.17) is 0 Å². The summed E-state index contributed by atoms with van der Waals surface area (Å²) in [4.78, 5) is 0. The van der Waals surface area contributed by atoms with Gasteiger partial charge in [-0.25, -0.2) is 0 Å². The molecule has 3 aromatic rings. The summed E-state index contributed by atoms with van der Waals surface area (Å²) in [6, 6.07) is 27.2. The molecule has 0 atom stereocenters. The Kier molecular flexibility index (Phi) is 4.47. The zero-order chi connectivity index (χ0) is 15.5. The molecule has 0 amide bonds. The third-order valence-corrected chi connectivity index (χ3v) is 8.45. The van der Waals surface area contributed by atoms with Gasteiger partial charge < -0.3 is 0 Å². The van der Waals surface area contributed by atoms with E-state index in [9.17, 15) is 0 Å². The maximum absolute atomic E-state index is 2.31. The fraction of sp³-hybridized carbons (Fsp3) is 0.143. The van der Waals surface area contributed by atoms with Gasteiger partial charge in [-0.2, -0.15) is 0 Å². The van der Waals surface area contributed by atoms with E-state index in [0.717, 1.165) is 0 Å². The monoisotopic (exact) mass is 353 g/mol. The molecular weight excluding hydrogens is 331 g/mol. The van der Waals surface area contributed by atoms with Crippen molar-refractivity contribution < 1.29 is 0 Å². The Bertz CT molecular complexity index is 629. The number of aryl methyl sites for hydroxylation is 3. The predicted octanol–water partition coefficient (Wildman–Crippen LogP) is 3.13. The summed E-state index contributed by atoms with van der Waals surface area (Å²) in [6.07, 6.45) is 0. The Balaban J connectivity index is 2.10. The molecule has 0 heterocycles. The van der Waals surface area contributed by atoms with Gasteiger partial charge in [-0.3, -0.25) is 0 Å². The van der Waals surface area contributed by atoms with Crippen LogP contribution in [0.1, 0.15) is 16.7 Å². The minimum atomic E-state index is -1.20. The second kappa shape index (κ2) is 6.52. The van der Waals surface area contributed by atoms with Gasteiger partial charge in [0.2, 0.25) is 0 Å². The molecule has 3 rings (SSSR count). The third kappa shape index (κ3) is 3.32. The van der Waals surface area contributed by atoms with Crippen LogP contribution in [0.4, 0.5) is 0 Å². The number of hydrogen-bond donors (Lipinski definition) is 0. The van der Waals surface area contributed by atoms with Crippen LogP contribution in [0.25, 0.3) is 0 Å². The summed E-state index contributed by atoms with van der Waals surface area (Å²) in [5.41, 5.74) is 3.96. The Morgan fingerprint density at radius 2 is 0.636 bits per heavy atom. The van der Waals surface area contributed by atoms with E-state index in [-0.39, 0.29) is 0 Å². The number of rotatable bonds is 3. The van der Waals surface area contributed by atoms with Crippen molar-refractivity contribution in [3.05, 3.63) is 89.5 Å². The van der Waals surface area contributed by atoms with Gasteiger partial charge in [0.05, 0.1) is 0 Å². The summed E-state index contributed by atoms with van der Waals surface area (Å²) in [5, 5.41) is 0. The van der Waals surface area contributed by atoms with Crippen molar-refractivity contribution in [3.63, 3.8) is 0 Å². The van der Waals surface area contributed by atoms with Crippen LogP contribution < -0.4 is 13.4 Å². The van der Waals surface area contributed by atoms with Crippen molar-refractivity contribution in [3.8, 4) is 0 Å². The maximum atomic E-state index is 2.31. The Hall–Kier alpha value is -1.82. The van der Waals surface area contributed by atoms with Crippen LogP contribution in [0.5, 0.6) is 0 Å². The SMILES string of the molecule is Cc1ccc([Se+](c2ccc(C)cc2)c2ccc(C)cc2)cc1. The second-order valence-corrected chi connectivity index (χ2v) is 10.00. The van der Waals surface area contributed by atoms with Crippen LogP contribution in [-0.4, -0.2) is 13.9 Å². The van der Waals surface area contributed by atoms with Gasteiger partial charge in [0.15, 0.2) is 0 Å². The molecule has 0 unspecified atom stereocenters. The summed E-state index contributed by atoms with van der Waals surface area (Å²) < 4.78 is 4.41. The van der Waals surface area contributed by atoms with E-state index >= 15 is 0 Å². The molecule has 110 valence electrons. The zero-order valence-electron chi connectivity index (χ0n) is 13.3. The van der Waals surface area contributed by atoms with Crippen molar-refractivity contribution >= 4 is 27.3 Å². The third-order valence-electron chi connectivity index (χ3n) is 3.77. The van der Waals surface area contributed by atoms with Crippen LogP contribution >= 0.6 is 0 Å². The molecule has 0 saturated carbocycles. The van der Waals surface area contributed by atoms with Crippen LogP contribution in [-0.2, 0) is 0 Å². The van der Waals surface area contributed by atoms with Gasteiger partial charge in [-0.05, 0) is 0 Å². The summed E-state index contributed by atoms with van der Waals surface area (Å²) in [7, 11) is 0. The number of benzene rings is 3. The molecule has 0 spiro atoms. The summed E-state index contributed by atoms with van der Waals surface area (Å²) in [5.74, 6) is 0. The van der Waals surface area contributed by atoms with E-state index < -0.39 is 13.9 Å². The van der Waals surface area contributed by atoms with Crippen molar-refractivity contribution in [2.45, 2.75) is 20.8 Å². The molecule has 0 nitrogen and oxygen atoms in total. The molecule has 0 saturated heterocycles. The Labute approximate surface area is 137 Å². The van der Waals surface area contributed by atoms with E-state index in [2.05, 4.69) is 93.6 Å². The van der Waals surface area contributed by atoms with Crippen molar-refractivity contribution in [1.82, 2.24) is 0 Å². The van der Waals surface area contributed by atoms with Crippen LogP contribution in [0.2, 0.25) is 0 Å². The van der Waals surface area contributed by atoms with Crippen molar-refractivity contribution in [2.24, 2.45) is 0 Å². The fourth-order valence-electron chi connectivity index (χ4n) is 2.43.